The molecular weight excluding hydrogens is 318 g/mol. The average molecular weight is 339 g/mol. The van der Waals surface area contributed by atoms with Crippen LogP contribution in [0.4, 0.5) is 10.5 Å². The Morgan fingerprint density at radius 1 is 1.16 bits per heavy atom. The Labute approximate surface area is 146 Å². The van der Waals surface area contributed by atoms with Gasteiger partial charge in [0, 0.05) is 18.8 Å². The highest BCUT2D eigenvalue weighted by Gasteiger charge is 2.33. The lowest BCUT2D eigenvalue weighted by atomic mass is 10.2. The first-order valence-electron chi connectivity index (χ1n) is 8.21. The number of urea groups is 1. The summed E-state index contributed by atoms with van der Waals surface area (Å²) in [6.45, 7) is 0.991. The first-order chi connectivity index (χ1) is 12.2. The average Bonchev–Trinajstić information content (AvgIpc) is 3.01. The van der Waals surface area contributed by atoms with Gasteiger partial charge in [0.05, 0.1) is 7.11 Å². The van der Waals surface area contributed by atoms with Crippen molar-refractivity contribution in [1.29, 1.82) is 0 Å². The van der Waals surface area contributed by atoms with Crippen molar-refractivity contribution in [3.8, 4) is 5.75 Å². The van der Waals surface area contributed by atoms with Crippen LogP contribution in [0.15, 0.2) is 54.6 Å². The lowest BCUT2D eigenvalue weighted by molar-refractivity contribution is -0.118. The highest BCUT2D eigenvalue weighted by atomic mass is 16.5. The highest BCUT2D eigenvalue weighted by Crippen LogP contribution is 2.21. The summed E-state index contributed by atoms with van der Waals surface area (Å²) in [5, 5.41) is 5.53. The largest absolute Gasteiger partial charge is 0.497 e. The smallest absolute Gasteiger partial charge is 0.315 e. The number of nitrogens with one attached hydrogen (secondary N) is 2. The van der Waals surface area contributed by atoms with Crippen LogP contribution < -0.4 is 20.3 Å². The van der Waals surface area contributed by atoms with Gasteiger partial charge in [-0.25, -0.2) is 4.79 Å². The van der Waals surface area contributed by atoms with Gasteiger partial charge in [-0.1, -0.05) is 30.3 Å². The van der Waals surface area contributed by atoms with Crippen molar-refractivity contribution in [2.75, 3.05) is 18.6 Å². The van der Waals surface area contributed by atoms with Crippen molar-refractivity contribution in [2.24, 2.45) is 0 Å². The molecule has 1 aliphatic rings. The molecule has 0 unspecified atom stereocenters. The number of anilines is 1. The van der Waals surface area contributed by atoms with E-state index in [0.717, 1.165) is 17.0 Å². The third kappa shape index (κ3) is 4.09. The van der Waals surface area contributed by atoms with E-state index in [1.807, 2.05) is 54.6 Å². The fourth-order valence-electron chi connectivity index (χ4n) is 2.81. The van der Waals surface area contributed by atoms with Crippen molar-refractivity contribution in [1.82, 2.24) is 10.6 Å². The van der Waals surface area contributed by atoms with E-state index in [9.17, 15) is 9.59 Å². The number of nitrogens with zero attached hydrogens (tertiary/aromatic N) is 1. The molecule has 2 aromatic rings. The van der Waals surface area contributed by atoms with Crippen LogP contribution in [0, 0.1) is 0 Å². The van der Waals surface area contributed by atoms with E-state index in [2.05, 4.69) is 10.6 Å². The van der Waals surface area contributed by atoms with Gasteiger partial charge in [0.25, 0.3) is 0 Å². The number of carbonyl (C=O) groups is 2. The van der Waals surface area contributed by atoms with E-state index < -0.39 is 6.04 Å². The Morgan fingerprint density at radius 3 is 2.56 bits per heavy atom. The lowest BCUT2D eigenvalue weighted by Gasteiger charge is -2.17. The molecule has 0 spiro atoms. The van der Waals surface area contributed by atoms with Gasteiger partial charge in [-0.05, 0) is 36.2 Å². The van der Waals surface area contributed by atoms with E-state index in [-0.39, 0.29) is 11.9 Å². The molecule has 0 radical (unpaired) electrons. The Hall–Kier alpha value is -3.02. The summed E-state index contributed by atoms with van der Waals surface area (Å²) in [6, 6.07) is 16.1. The number of hydrogen-bond acceptors (Lipinski definition) is 3. The van der Waals surface area contributed by atoms with Crippen LogP contribution >= 0.6 is 0 Å². The number of carbonyl (C=O) groups excluding carboxylic acids is 2. The molecule has 1 aliphatic heterocycles. The fourth-order valence-corrected chi connectivity index (χ4v) is 2.81. The maximum Gasteiger partial charge on any atom is 0.315 e. The SMILES string of the molecule is COc1ccc(CNC(=O)N[C@H]2CCN(c3ccccc3)C2=O)cc1. The number of hydrogen-bond donors (Lipinski definition) is 2. The topological polar surface area (TPSA) is 70.7 Å². The van der Waals surface area contributed by atoms with Crippen molar-refractivity contribution < 1.29 is 14.3 Å². The first kappa shape index (κ1) is 16.8. The minimum Gasteiger partial charge on any atom is -0.497 e. The predicted octanol–water partition coefficient (Wildman–Crippen LogP) is 2.30. The minimum absolute atomic E-state index is 0.0780. The standard InChI is InChI=1S/C19H21N3O3/c1-25-16-9-7-14(8-10-16)13-20-19(24)21-17-11-12-22(18(17)23)15-5-3-2-4-6-15/h2-10,17H,11-13H2,1H3,(H2,20,21,24)/t17-/m0/s1. The van der Waals surface area contributed by atoms with Crippen molar-refractivity contribution in [2.45, 2.75) is 19.0 Å². The van der Waals surface area contributed by atoms with Crippen LogP contribution in [0.3, 0.4) is 0 Å². The summed E-state index contributed by atoms with van der Waals surface area (Å²) in [7, 11) is 1.61. The fraction of sp³-hybridized carbons (Fsp3) is 0.263. The van der Waals surface area contributed by atoms with Crippen molar-refractivity contribution >= 4 is 17.6 Å². The van der Waals surface area contributed by atoms with Crippen LogP contribution in [-0.2, 0) is 11.3 Å². The molecule has 0 aliphatic carbocycles. The number of rotatable bonds is 5. The third-order valence-electron chi connectivity index (χ3n) is 4.19. The summed E-state index contributed by atoms with van der Waals surface area (Å²) in [5.41, 5.74) is 1.81. The molecule has 25 heavy (non-hydrogen) atoms. The number of para-hydroxylation sites is 1. The molecule has 1 heterocycles. The van der Waals surface area contributed by atoms with Crippen LogP contribution in [0.25, 0.3) is 0 Å². The van der Waals surface area contributed by atoms with Gasteiger partial charge in [-0.15, -0.1) is 0 Å². The van der Waals surface area contributed by atoms with Gasteiger partial charge in [0.15, 0.2) is 0 Å². The van der Waals surface area contributed by atoms with Crippen LogP contribution in [-0.4, -0.2) is 31.6 Å². The van der Waals surface area contributed by atoms with Crippen LogP contribution in [0.1, 0.15) is 12.0 Å². The molecule has 1 atom stereocenters. The second kappa shape index (κ2) is 7.70. The molecule has 3 amide bonds. The molecule has 6 nitrogen and oxygen atoms in total. The number of amides is 3. The summed E-state index contributed by atoms with van der Waals surface area (Å²) in [5.74, 6) is 0.691. The van der Waals surface area contributed by atoms with Gasteiger partial charge in [-0.3, -0.25) is 4.79 Å². The summed E-state index contributed by atoms with van der Waals surface area (Å²) < 4.78 is 5.10. The monoisotopic (exact) mass is 339 g/mol. The molecule has 3 rings (SSSR count). The number of methoxy groups -OCH3 is 1. The lowest BCUT2D eigenvalue weighted by Crippen LogP contribution is -2.45. The molecule has 130 valence electrons. The zero-order valence-corrected chi connectivity index (χ0v) is 14.1. The number of benzene rings is 2. The molecule has 0 aromatic heterocycles. The van der Waals surface area contributed by atoms with Gasteiger partial charge >= 0.3 is 6.03 Å². The molecule has 1 fully saturated rings. The zero-order chi connectivity index (χ0) is 17.6. The third-order valence-corrected chi connectivity index (χ3v) is 4.19. The maximum atomic E-state index is 12.5. The Kier molecular flexibility index (Phi) is 5.18. The molecule has 0 bridgehead atoms. The molecule has 2 N–H and O–H groups in total. The molecule has 6 heteroatoms. The number of ether oxygens (including phenoxy) is 1. The van der Waals surface area contributed by atoms with E-state index in [4.69, 9.17) is 4.74 Å². The normalized spacial score (nSPS) is 16.6. The van der Waals surface area contributed by atoms with Gasteiger partial charge in [0.1, 0.15) is 11.8 Å². The van der Waals surface area contributed by atoms with Gasteiger partial charge < -0.3 is 20.3 Å². The van der Waals surface area contributed by atoms with E-state index in [1.54, 1.807) is 12.0 Å². The van der Waals surface area contributed by atoms with Gasteiger partial charge in [0.2, 0.25) is 5.91 Å². The Balaban J connectivity index is 1.50. The molecule has 1 saturated heterocycles. The van der Waals surface area contributed by atoms with Crippen molar-refractivity contribution in [3.63, 3.8) is 0 Å². The molecule has 0 saturated carbocycles. The molecule has 2 aromatic carbocycles. The Morgan fingerprint density at radius 2 is 1.88 bits per heavy atom. The van der Waals surface area contributed by atoms with Crippen LogP contribution in [0.2, 0.25) is 0 Å². The summed E-state index contributed by atoms with van der Waals surface area (Å²) in [6.07, 6.45) is 0.601. The Bertz CT molecular complexity index is 731. The van der Waals surface area contributed by atoms with Gasteiger partial charge in [-0.2, -0.15) is 0 Å². The summed E-state index contributed by atoms with van der Waals surface area (Å²) in [4.78, 5) is 26.2. The minimum atomic E-state index is -0.490. The highest BCUT2D eigenvalue weighted by molar-refractivity contribution is 6.01. The second-order valence-corrected chi connectivity index (χ2v) is 5.84. The summed E-state index contributed by atoms with van der Waals surface area (Å²) >= 11 is 0. The van der Waals surface area contributed by atoms with Crippen LogP contribution in [0.5, 0.6) is 5.75 Å². The second-order valence-electron chi connectivity index (χ2n) is 5.84. The predicted molar refractivity (Wildman–Crippen MR) is 95.6 cm³/mol. The molecular formula is C19H21N3O3. The maximum absolute atomic E-state index is 12.5. The zero-order valence-electron chi connectivity index (χ0n) is 14.1. The van der Waals surface area contributed by atoms with E-state index in [0.29, 0.717) is 19.5 Å². The van der Waals surface area contributed by atoms with E-state index >= 15 is 0 Å². The quantitative estimate of drug-likeness (QED) is 0.878. The first-order valence-corrected chi connectivity index (χ1v) is 8.21. The van der Waals surface area contributed by atoms with E-state index in [1.165, 1.54) is 0 Å². The van der Waals surface area contributed by atoms with Crippen molar-refractivity contribution in [3.05, 3.63) is 60.2 Å².